The molecule has 4 aromatic rings. The lowest BCUT2D eigenvalue weighted by Gasteiger charge is -2.12. The van der Waals surface area contributed by atoms with Gasteiger partial charge in [0.15, 0.2) is 0 Å². The van der Waals surface area contributed by atoms with Crippen molar-refractivity contribution >= 4 is 52.5 Å². The highest BCUT2D eigenvalue weighted by Crippen LogP contribution is 2.39. The third-order valence-electron chi connectivity index (χ3n) is 5.43. The maximum atomic E-state index is 11.2. The number of benzene rings is 3. The van der Waals surface area contributed by atoms with Crippen LogP contribution in [0, 0.1) is 0 Å². The number of aromatic carboxylic acids is 1. The Morgan fingerprint density at radius 3 is 2.42 bits per heavy atom. The van der Waals surface area contributed by atoms with Gasteiger partial charge in [0.2, 0.25) is 0 Å². The molecule has 0 fully saturated rings. The second-order valence-corrected chi connectivity index (χ2v) is 10.6. The van der Waals surface area contributed by atoms with Crippen molar-refractivity contribution in [3.63, 3.8) is 0 Å². The molecular weight excluding hydrogens is 541 g/mol. The van der Waals surface area contributed by atoms with E-state index in [0.29, 0.717) is 43.6 Å². The Labute approximate surface area is 228 Å². The molecule has 0 amide bonds. The van der Waals surface area contributed by atoms with E-state index in [1.54, 1.807) is 42.5 Å². The minimum atomic E-state index is -0.953. The Bertz CT molecular complexity index is 1380. The van der Waals surface area contributed by atoms with Crippen LogP contribution in [0.25, 0.3) is 11.3 Å². The van der Waals surface area contributed by atoms with Crippen LogP contribution in [0.4, 0.5) is 0 Å². The third kappa shape index (κ3) is 6.01. The fourth-order valence-electron chi connectivity index (χ4n) is 3.61. The second-order valence-electron chi connectivity index (χ2n) is 8.29. The smallest absolute Gasteiger partial charge is 0.335 e. The summed E-state index contributed by atoms with van der Waals surface area (Å²) in [7, 11) is 0. The summed E-state index contributed by atoms with van der Waals surface area (Å²) >= 11 is 20.9. The number of carbonyl (C=O) groups is 1. The number of ether oxygens (including phenoxy) is 1. The number of hydrogen-bond donors (Lipinski definition) is 1. The van der Waals surface area contributed by atoms with E-state index in [1.807, 2.05) is 32.0 Å². The van der Waals surface area contributed by atoms with E-state index in [2.05, 4.69) is 5.16 Å². The van der Waals surface area contributed by atoms with E-state index < -0.39 is 5.97 Å². The lowest BCUT2D eigenvalue weighted by atomic mass is 10.0. The van der Waals surface area contributed by atoms with Gasteiger partial charge in [0.1, 0.15) is 23.8 Å². The van der Waals surface area contributed by atoms with Gasteiger partial charge < -0.3 is 14.4 Å². The Kier molecular flexibility index (Phi) is 8.52. The van der Waals surface area contributed by atoms with Gasteiger partial charge in [-0.3, -0.25) is 0 Å². The highest BCUT2D eigenvalue weighted by molar-refractivity contribution is 7.98. The largest absolute Gasteiger partial charge is 0.489 e. The molecule has 0 saturated heterocycles. The molecule has 0 aliphatic heterocycles. The Morgan fingerprint density at radius 2 is 1.75 bits per heavy atom. The molecule has 0 saturated carbocycles. The van der Waals surface area contributed by atoms with Crippen LogP contribution in [0.5, 0.6) is 5.75 Å². The van der Waals surface area contributed by atoms with Gasteiger partial charge in [0.05, 0.1) is 21.2 Å². The van der Waals surface area contributed by atoms with Crippen LogP contribution in [0.15, 0.2) is 70.1 Å². The van der Waals surface area contributed by atoms with Gasteiger partial charge in [-0.1, -0.05) is 72.0 Å². The van der Waals surface area contributed by atoms with Gasteiger partial charge in [0.25, 0.3) is 0 Å². The van der Waals surface area contributed by atoms with Crippen LogP contribution in [0.3, 0.4) is 0 Å². The summed E-state index contributed by atoms with van der Waals surface area (Å²) in [5, 5.41) is 14.9. The minimum Gasteiger partial charge on any atom is -0.489 e. The van der Waals surface area contributed by atoms with Crippen molar-refractivity contribution in [3.05, 3.63) is 98.2 Å². The zero-order valence-corrected chi connectivity index (χ0v) is 22.5. The molecule has 0 aliphatic carbocycles. The standard InChI is InChI=1S/C27H22Cl3NO4S/c1-15(2)26-20(25(31-35-26)24-21(28)7-4-8-22(24)29)13-34-18-10-9-17(23(30)12-18)14-36-19-6-3-5-16(11-19)27(32)33/h3-12,15H,13-14H2,1-2H3,(H,32,33). The van der Waals surface area contributed by atoms with Crippen LogP contribution < -0.4 is 4.74 Å². The number of rotatable bonds is 9. The molecule has 1 N–H and O–H groups in total. The molecule has 5 nitrogen and oxygen atoms in total. The van der Waals surface area contributed by atoms with Gasteiger partial charge in [-0.15, -0.1) is 11.8 Å². The summed E-state index contributed by atoms with van der Waals surface area (Å²) in [5.74, 6) is 0.997. The monoisotopic (exact) mass is 561 g/mol. The van der Waals surface area contributed by atoms with Gasteiger partial charge in [-0.2, -0.15) is 0 Å². The highest BCUT2D eigenvalue weighted by atomic mass is 35.5. The van der Waals surface area contributed by atoms with E-state index in [0.717, 1.165) is 16.0 Å². The zero-order valence-electron chi connectivity index (χ0n) is 19.4. The molecule has 0 atom stereocenters. The maximum absolute atomic E-state index is 11.2. The number of hydrogen-bond acceptors (Lipinski definition) is 5. The zero-order chi connectivity index (χ0) is 25.8. The summed E-state index contributed by atoms with van der Waals surface area (Å²) in [6.45, 7) is 4.22. The number of nitrogens with zero attached hydrogens (tertiary/aromatic N) is 1. The second kappa shape index (κ2) is 11.6. The molecule has 36 heavy (non-hydrogen) atoms. The summed E-state index contributed by atoms with van der Waals surface area (Å²) in [4.78, 5) is 12.0. The van der Waals surface area contributed by atoms with Crippen molar-refractivity contribution in [2.75, 3.05) is 0 Å². The summed E-state index contributed by atoms with van der Waals surface area (Å²) in [6, 6.07) is 17.6. The highest BCUT2D eigenvalue weighted by Gasteiger charge is 2.24. The Hall–Kier alpha value is -2.64. The van der Waals surface area contributed by atoms with E-state index in [9.17, 15) is 9.90 Å². The van der Waals surface area contributed by atoms with Gasteiger partial charge >= 0.3 is 5.97 Å². The van der Waals surface area contributed by atoms with E-state index in [4.69, 9.17) is 44.1 Å². The van der Waals surface area contributed by atoms with Crippen LogP contribution >= 0.6 is 46.6 Å². The van der Waals surface area contributed by atoms with Crippen molar-refractivity contribution in [2.45, 2.75) is 37.0 Å². The number of carboxylic acid groups (broad SMARTS) is 1. The first-order valence-corrected chi connectivity index (χ1v) is 13.2. The molecule has 0 bridgehead atoms. The summed E-state index contributed by atoms with van der Waals surface area (Å²) in [5.41, 5.74) is 3.09. The number of aromatic nitrogens is 1. The van der Waals surface area contributed by atoms with E-state index in [1.165, 1.54) is 11.8 Å². The predicted molar refractivity (Wildman–Crippen MR) is 145 cm³/mol. The molecule has 0 radical (unpaired) electrons. The molecule has 1 aromatic heterocycles. The molecule has 0 unspecified atom stereocenters. The van der Waals surface area contributed by atoms with Crippen LogP contribution in [0.1, 0.15) is 47.0 Å². The van der Waals surface area contributed by atoms with Crippen molar-refractivity contribution < 1.29 is 19.2 Å². The first-order valence-electron chi connectivity index (χ1n) is 11.0. The summed E-state index contributed by atoms with van der Waals surface area (Å²) < 4.78 is 11.7. The normalized spacial score (nSPS) is 11.2. The van der Waals surface area contributed by atoms with Crippen molar-refractivity contribution in [2.24, 2.45) is 0 Å². The average molecular weight is 563 g/mol. The predicted octanol–water partition coefficient (Wildman–Crippen LogP) is 8.99. The van der Waals surface area contributed by atoms with Crippen LogP contribution in [0.2, 0.25) is 15.1 Å². The number of thioether (sulfide) groups is 1. The van der Waals surface area contributed by atoms with Crippen molar-refractivity contribution in [1.82, 2.24) is 5.16 Å². The quantitative estimate of drug-likeness (QED) is 0.205. The van der Waals surface area contributed by atoms with Crippen molar-refractivity contribution in [1.29, 1.82) is 0 Å². The first-order chi connectivity index (χ1) is 17.2. The average Bonchev–Trinajstić information content (AvgIpc) is 3.26. The van der Waals surface area contributed by atoms with Gasteiger partial charge in [-0.25, -0.2) is 4.79 Å². The maximum Gasteiger partial charge on any atom is 0.335 e. The van der Waals surface area contributed by atoms with E-state index >= 15 is 0 Å². The molecule has 1 heterocycles. The molecule has 0 spiro atoms. The van der Waals surface area contributed by atoms with E-state index in [-0.39, 0.29) is 18.1 Å². The SMILES string of the molecule is CC(C)c1onc(-c2c(Cl)cccc2Cl)c1COc1ccc(CSc2cccc(C(=O)O)c2)c(Cl)c1. The molecule has 9 heteroatoms. The van der Waals surface area contributed by atoms with Crippen LogP contribution in [-0.4, -0.2) is 16.2 Å². The van der Waals surface area contributed by atoms with Crippen LogP contribution in [-0.2, 0) is 12.4 Å². The molecular formula is C27H22Cl3NO4S. The van der Waals surface area contributed by atoms with Gasteiger partial charge in [-0.05, 0) is 48.0 Å². The molecule has 0 aliphatic rings. The van der Waals surface area contributed by atoms with Crippen molar-refractivity contribution in [3.8, 4) is 17.0 Å². The lowest BCUT2D eigenvalue weighted by molar-refractivity contribution is 0.0696. The fourth-order valence-corrected chi connectivity index (χ4v) is 5.46. The van der Waals surface area contributed by atoms with Gasteiger partial charge in [0, 0.05) is 27.2 Å². The summed E-state index contributed by atoms with van der Waals surface area (Å²) in [6.07, 6.45) is 0. The first kappa shape index (κ1) is 26.4. The molecule has 186 valence electrons. The number of halogens is 3. The fraction of sp³-hybridized carbons (Fsp3) is 0.185. The number of carboxylic acids is 1. The Morgan fingerprint density at radius 1 is 1.03 bits per heavy atom. The topological polar surface area (TPSA) is 72.6 Å². The lowest BCUT2D eigenvalue weighted by Crippen LogP contribution is -2.01. The Balaban J connectivity index is 1.50. The third-order valence-corrected chi connectivity index (χ3v) is 7.45. The minimum absolute atomic E-state index is 0.0775. The molecule has 3 aromatic carbocycles. The molecule has 4 rings (SSSR count).